The van der Waals surface area contributed by atoms with Crippen molar-refractivity contribution in [3.63, 3.8) is 0 Å². The first kappa shape index (κ1) is 12.4. The van der Waals surface area contributed by atoms with E-state index in [1.165, 1.54) is 0 Å². The van der Waals surface area contributed by atoms with E-state index >= 15 is 0 Å². The minimum Gasteiger partial charge on any atom is -0.418 e. The minimum atomic E-state index is -6.00. The lowest BCUT2D eigenvalue weighted by Crippen LogP contribution is -2.27. The van der Waals surface area contributed by atoms with E-state index in [-0.39, 0.29) is 0 Å². The van der Waals surface area contributed by atoms with Crippen LogP contribution in [0.2, 0.25) is 0 Å². The van der Waals surface area contributed by atoms with Crippen LogP contribution in [0.15, 0.2) is 0 Å². The van der Waals surface area contributed by atoms with Crippen molar-refractivity contribution < 1.29 is 21.7 Å². The van der Waals surface area contributed by atoms with Crippen molar-refractivity contribution >= 4 is 7.25 Å². The van der Waals surface area contributed by atoms with Crippen molar-refractivity contribution in [2.75, 3.05) is 28.2 Å². The van der Waals surface area contributed by atoms with Crippen LogP contribution in [-0.4, -0.2) is 39.9 Å². The number of quaternary nitrogens is 1. The van der Waals surface area contributed by atoms with Gasteiger partial charge in [-0.3, -0.25) is 0 Å². The second-order valence-corrected chi connectivity index (χ2v) is 3.18. The zero-order valence-electron chi connectivity index (χ0n) is 6.54. The van der Waals surface area contributed by atoms with E-state index in [0.717, 1.165) is 4.48 Å². The Bertz CT molecular complexity index is 60.2. The molecule has 0 rings (SSSR count). The first-order valence-corrected chi connectivity index (χ1v) is 2.66. The van der Waals surface area contributed by atoms with Gasteiger partial charge in [-0.2, -0.15) is 0 Å². The summed E-state index contributed by atoms with van der Waals surface area (Å²) in [6, 6.07) is 0. The summed E-state index contributed by atoms with van der Waals surface area (Å²) in [6.07, 6.45) is 0. The van der Waals surface area contributed by atoms with Crippen LogP contribution in [0.5, 0.6) is 0 Å². The molecule has 0 saturated carbocycles. The van der Waals surface area contributed by atoms with E-state index in [9.17, 15) is 17.3 Å². The van der Waals surface area contributed by atoms with Crippen LogP contribution in [0.1, 0.15) is 0 Å². The quantitative estimate of drug-likeness (QED) is 0.287. The van der Waals surface area contributed by atoms with Crippen LogP contribution >= 0.6 is 0 Å². The predicted molar refractivity (Wildman–Crippen MR) is 34.1 cm³/mol. The zero-order chi connectivity index (χ0) is 9.00. The molecule has 0 unspecified atom stereocenters. The largest absolute Gasteiger partial charge is 0.673 e. The van der Waals surface area contributed by atoms with Crippen molar-refractivity contribution in [2.24, 2.45) is 0 Å². The molecule has 0 spiro atoms. The first-order chi connectivity index (χ1) is 4.00. The van der Waals surface area contributed by atoms with Gasteiger partial charge in [0.2, 0.25) is 0 Å². The third-order valence-electron chi connectivity index (χ3n) is 0. The molecule has 6 heteroatoms. The number of nitrogens with zero attached hydrogens (tertiary/aromatic N) is 1. The molecule has 0 aromatic heterocycles. The second-order valence-electron chi connectivity index (χ2n) is 3.18. The highest BCUT2D eigenvalue weighted by molar-refractivity contribution is 6.50. The molecule has 0 atom stereocenters. The predicted octanol–water partition coefficient (Wildman–Crippen LogP) is 1.62. The topological polar surface area (TPSA) is 0 Å². The van der Waals surface area contributed by atoms with Crippen molar-refractivity contribution in [3.8, 4) is 0 Å². The molecule has 0 bridgehead atoms. The van der Waals surface area contributed by atoms with Gasteiger partial charge in [-0.15, -0.1) is 0 Å². The van der Waals surface area contributed by atoms with Crippen molar-refractivity contribution in [1.29, 1.82) is 0 Å². The fourth-order valence-electron chi connectivity index (χ4n) is 0. The molecule has 10 heavy (non-hydrogen) atoms. The van der Waals surface area contributed by atoms with Gasteiger partial charge in [0, 0.05) is 0 Å². The molecule has 0 saturated heterocycles. The Morgan fingerprint density at radius 3 is 0.800 bits per heavy atom. The Labute approximate surface area is 58.3 Å². The molecule has 0 N–H and O–H groups in total. The summed E-state index contributed by atoms with van der Waals surface area (Å²) in [7, 11) is 2.50. The van der Waals surface area contributed by atoms with Gasteiger partial charge >= 0.3 is 7.25 Å². The molecular formula is C4H12BF4N. The molecule has 0 aromatic carbocycles. The highest BCUT2D eigenvalue weighted by Gasteiger charge is 2.20. The molecule has 0 amide bonds. The molecule has 0 aliphatic rings. The van der Waals surface area contributed by atoms with E-state index in [4.69, 9.17) is 0 Å². The van der Waals surface area contributed by atoms with E-state index < -0.39 is 7.25 Å². The van der Waals surface area contributed by atoms with Gasteiger partial charge in [0.25, 0.3) is 0 Å². The number of halogens is 4. The van der Waals surface area contributed by atoms with Crippen molar-refractivity contribution in [1.82, 2.24) is 0 Å². The summed E-state index contributed by atoms with van der Waals surface area (Å²) >= 11 is 0. The van der Waals surface area contributed by atoms with Gasteiger partial charge in [0.1, 0.15) is 0 Å². The highest BCUT2D eigenvalue weighted by Crippen LogP contribution is 2.06. The Morgan fingerprint density at radius 1 is 0.800 bits per heavy atom. The first-order valence-electron chi connectivity index (χ1n) is 2.66. The average Bonchev–Trinajstić information content (AvgIpc) is 1.12. The Morgan fingerprint density at radius 2 is 0.800 bits per heavy atom. The zero-order valence-corrected chi connectivity index (χ0v) is 6.54. The minimum absolute atomic E-state index is 1.00. The van der Waals surface area contributed by atoms with Crippen LogP contribution < -0.4 is 0 Å². The van der Waals surface area contributed by atoms with E-state index in [1.54, 1.807) is 0 Å². The summed E-state index contributed by atoms with van der Waals surface area (Å²) in [5, 5.41) is 0. The highest BCUT2D eigenvalue weighted by atomic mass is 19.5. The molecule has 0 aromatic rings. The second kappa shape index (κ2) is 3.80. The van der Waals surface area contributed by atoms with Gasteiger partial charge in [-0.1, -0.05) is 0 Å². The lowest BCUT2D eigenvalue weighted by atomic mass is 10.3. The van der Waals surface area contributed by atoms with E-state index in [2.05, 4.69) is 28.2 Å². The Balaban J connectivity index is 0. The van der Waals surface area contributed by atoms with Gasteiger partial charge in [-0.25, -0.2) is 0 Å². The van der Waals surface area contributed by atoms with Crippen LogP contribution in [-0.2, 0) is 0 Å². The van der Waals surface area contributed by atoms with Gasteiger partial charge < -0.3 is 21.7 Å². The summed E-state index contributed by atoms with van der Waals surface area (Å²) in [4.78, 5) is 0. The summed E-state index contributed by atoms with van der Waals surface area (Å²) in [5.74, 6) is 0. The fourth-order valence-corrected chi connectivity index (χ4v) is 0. The SMILES string of the molecule is C[N+](C)(C)C.F[B-](F)(F)F. The summed E-state index contributed by atoms with van der Waals surface area (Å²) in [5.41, 5.74) is 0. The number of hydrogen-bond donors (Lipinski definition) is 0. The molecular weight excluding hydrogens is 149 g/mol. The molecule has 0 radical (unpaired) electrons. The van der Waals surface area contributed by atoms with Crippen molar-refractivity contribution in [3.05, 3.63) is 0 Å². The normalized spacial score (nSPS) is 12.0. The third-order valence-corrected chi connectivity index (χ3v) is 0. The molecule has 0 heterocycles. The lowest BCUT2D eigenvalue weighted by Gasteiger charge is -2.14. The molecule has 0 aliphatic carbocycles. The molecule has 0 aliphatic heterocycles. The maximum absolute atomic E-state index is 9.75. The van der Waals surface area contributed by atoms with Crippen molar-refractivity contribution in [2.45, 2.75) is 0 Å². The number of rotatable bonds is 0. The standard InChI is InChI=1S/C4H12N.BF4/c1-5(2,3)4;2-1(3,4)5/h1-4H3;/q+1;-1. The third kappa shape index (κ3) is 5420. The van der Waals surface area contributed by atoms with Gasteiger partial charge in [0.15, 0.2) is 0 Å². The van der Waals surface area contributed by atoms with Crippen LogP contribution in [0, 0.1) is 0 Å². The lowest BCUT2D eigenvalue weighted by molar-refractivity contribution is -0.849. The van der Waals surface area contributed by atoms with E-state index in [1.807, 2.05) is 0 Å². The Kier molecular flexibility index (Phi) is 4.72. The molecule has 1 nitrogen and oxygen atoms in total. The number of hydrogen-bond acceptors (Lipinski definition) is 0. The summed E-state index contributed by atoms with van der Waals surface area (Å²) in [6.45, 7) is 0. The Hall–Kier alpha value is -0.255. The van der Waals surface area contributed by atoms with Crippen LogP contribution in [0.4, 0.5) is 17.3 Å². The molecule has 0 fully saturated rings. The fraction of sp³-hybridized carbons (Fsp3) is 1.00. The smallest absolute Gasteiger partial charge is 0.418 e. The van der Waals surface area contributed by atoms with E-state index in [0.29, 0.717) is 0 Å². The molecule has 64 valence electrons. The monoisotopic (exact) mass is 161 g/mol. The van der Waals surface area contributed by atoms with Crippen LogP contribution in [0.3, 0.4) is 0 Å². The van der Waals surface area contributed by atoms with Gasteiger partial charge in [0.05, 0.1) is 28.2 Å². The van der Waals surface area contributed by atoms with Crippen LogP contribution in [0.25, 0.3) is 0 Å². The maximum Gasteiger partial charge on any atom is 0.673 e. The average molecular weight is 161 g/mol. The maximum atomic E-state index is 9.75. The summed E-state index contributed by atoms with van der Waals surface area (Å²) < 4.78 is 40.0. The van der Waals surface area contributed by atoms with Gasteiger partial charge in [-0.05, 0) is 0 Å².